The Balaban J connectivity index is 1.92. The van der Waals surface area contributed by atoms with E-state index in [1.165, 1.54) is 38.5 Å². The summed E-state index contributed by atoms with van der Waals surface area (Å²) in [6, 6.07) is 0. The first kappa shape index (κ1) is 9.47. The number of ether oxygens (including phenoxy) is 1. The van der Waals surface area contributed by atoms with Crippen LogP contribution in [-0.4, -0.2) is 19.8 Å². The summed E-state index contributed by atoms with van der Waals surface area (Å²) >= 11 is 0. The molecule has 0 bridgehead atoms. The van der Waals surface area contributed by atoms with Crippen molar-refractivity contribution in [2.24, 2.45) is 17.1 Å². The fourth-order valence-electron chi connectivity index (χ4n) is 2.85. The summed E-state index contributed by atoms with van der Waals surface area (Å²) in [5.41, 5.74) is 6.38. The zero-order valence-electron chi connectivity index (χ0n) is 8.59. The number of hydrogen-bond acceptors (Lipinski definition) is 2. The van der Waals surface area contributed by atoms with Gasteiger partial charge in [0.05, 0.1) is 6.10 Å². The molecule has 0 heterocycles. The Kier molecular flexibility index (Phi) is 2.61. The Hall–Kier alpha value is -0.0800. The summed E-state index contributed by atoms with van der Waals surface area (Å²) in [5.74, 6) is 0.858. The van der Waals surface area contributed by atoms with Crippen LogP contribution in [0, 0.1) is 11.3 Å². The molecule has 13 heavy (non-hydrogen) atoms. The Morgan fingerprint density at radius 1 is 1.38 bits per heavy atom. The van der Waals surface area contributed by atoms with Crippen molar-refractivity contribution in [2.45, 2.75) is 44.6 Å². The number of methoxy groups -OCH3 is 1. The molecule has 2 aliphatic rings. The highest BCUT2D eigenvalue weighted by molar-refractivity contribution is 5.00. The van der Waals surface area contributed by atoms with E-state index in [1.54, 1.807) is 0 Å². The van der Waals surface area contributed by atoms with Crippen LogP contribution >= 0.6 is 0 Å². The molecule has 0 aromatic heterocycles. The van der Waals surface area contributed by atoms with Crippen LogP contribution in [0.3, 0.4) is 0 Å². The molecule has 76 valence electrons. The van der Waals surface area contributed by atoms with Crippen LogP contribution in [0.2, 0.25) is 0 Å². The lowest BCUT2D eigenvalue weighted by atomic mass is 9.76. The van der Waals surface area contributed by atoms with Crippen LogP contribution < -0.4 is 5.73 Å². The van der Waals surface area contributed by atoms with Crippen LogP contribution in [0.25, 0.3) is 0 Å². The van der Waals surface area contributed by atoms with Gasteiger partial charge in [-0.05, 0) is 50.0 Å². The second-order valence-corrected chi connectivity index (χ2v) is 4.79. The van der Waals surface area contributed by atoms with Crippen LogP contribution in [0.5, 0.6) is 0 Å². The fourth-order valence-corrected chi connectivity index (χ4v) is 2.85. The quantitative estimate of drug-likeness (QED) is 0.725. The average molecular weight is 183 g/mol. The zero-order chi connectivity index (χ0) is 9.31. The SMILES string of the molecule is COC1CCCC(C2(CN)CC2)C1. The molecule has 2 saturated carbocycles. The molecule has 0 radical (unpaired) electrons. The van der Waals surface area contributed by atoms with E-state index in [0.717, 1.165) is 12.5 Å². The van der Waals surface area contributed by atoms with E-state index in [0.29, 0.717) is 11.5 Å². The van der Waals surface area contributed by atoms with Crippen molar-refractivity contribution in [1.82, 2.24) is 0 Å². The smallest absolute Gasteiger partial charge is 0.0574 e. The van der Waals surface area contributed by atoms with E-state index in [-0.39, 0.29) is 0 Å². The van der Waals surface area contributed by atoms with Gasteiger partial charge in [-0.25, -0.2) is 0 Å². The standard InChI is InChI=1S/C11H21NO/c1-13-10-4-2-3-9(7-10)11(8-12)5-6-11/h9-10H,2-8,12H2,1H3. The first-order valence-corrected chi connectivity index (χ1v) is 5.53. The average Bonchev–Trinajstić information content (AvgIpc) is 2.99. The van der Waals surface area contributed by atoms with E-state index in [4.69, 9.17) is 10.5 Å². The molecule has 2 fully saturated rings. The van der Waals surface area contributed by atoms with Crippen LogP contribution in [0.4, 0.5) is 0 Å². The van der Waals surface area contributed by atoms with E-state index in [1.807, 2.05) is 7.11 Å². The predicted octanol–water partition coefficient (Wildman–Crippen LogP) is 1.93. The highest BCUT2D eigenvalue weighted by Crippen LogP contribution is 2.55. The van der Waals surface area contributed by atoms with Crippen molar-refractivity contribution in [3.8, 4) is 0 Å². The van der Waals surface area contributed by atoms with Crippen LogP contribution in [0.15, 0.2) is 0 Å². The van der Waals surface area contributed by atoms with Crippen LogP contribution in [-0.2, 0) is 4.74 Å². The van der Waals surface area contributed by atoms with Crippen molar-refractivity contribution in [3.63, 3.8) is 0 Å². The highest BCUT2D eigenvalue weighted by Gasteiger charge is 2.48. The lowest BCUT2D eigenvalue weighted by molar-refractivity contribution is 0.0337. The number of nitrogens with two attached hydrogens (primary N) is 1. The van der Waals surface area contributed by atoms with Gasteiger partial charge in [-0.1, -0.05) is 6.42 Å². The van der Waals surface area contributed by atoms with Gasteiger partial charge in [0.25, 0.3) is 0 Å². The Morgan fingerprint density at radius 3 is 2.69 bits per heavy atom. The molecule has 2 aliphatic carbocycles. The molecule has 2 heteroatoms. The third-order valence-electron chi connectivity index (χ3n) is 4.12. The minimum atomic E-state index is 0.516. The minimum Gasteiger partial charge on any atom is -0.381 e. The van der Waals surface area contributed by atoms with Gasteiger partial charge in [0.2, 0.25) is 0 Å². The van der Waals surface area contributed by atoms with Crippen LogP contribution in [0.1, 0.15) is 38.5 Å². The van der Waals surface area contributed by atoms with Gasteiger partial charge in [-0.2, -0.15) is 0 Å². The summed E-state index contributed by atoms with van der Waals surface area (Å²) in [6.07, 6.45) is 8.49. The molecule has 0 aliphatic heterocycles. The molecule has 2 unspecified atom stereocenters. The summed E-state index contributed by atoms with van der Waals surface area (Å²) in [7, 11) is 1.84. The first-order chi connectivity index (χ1) is 6.30. The molecule has 0 saturated heterocycles. The maximum Gasteiger partial charge on any atom is 0.0574 e. The largest absolute Gasteiger partial charge is 0.381 e. The lowest BCUT2D eigenvalue weighted by Gasteiger charge is -2.33. The molecule has 2 nitrogen and oxygen atoms in total. The number of hydrogen-bond donors (Lipinski definition) is 1. The Labute approximate surface area is 80.8 Å². The van der Waals surface area contributed by atoms with Gasteiger partial charge in [0.1, 0.15) is 0 Å². The van der Waals surface area contributed by atoms with E-state index in [2.05, 4.69) is 0 Å². The second-order valence-electron chi connectivity index (χ2n) is 4.79. The fraction of sp³-hybridized carbons (Fsp3) is 1.00. The number of rotatable bonds is 3. The molecule has 2 atom stereocenters. The summed E-state index contributed by atoms with van der Waals surface area (Å²) < 4.78 is 5.45. The zero-order valence-corrected chi connectivity index (χ0v) is 8.59. The molecule has 0 spiro atoms. The van der Waals surface area contributed by atoms with Crippen molar-refractivity contribution in [3.05, 3.63) is 0 Å². The van der Waals surface area contributed by atoms with Gasteiger partial charge >= 0.3 is 0 Å². The second kappa shape index (κ2) is 3.58. The maximum absolute atomic E-state index is 5.85. The van der Waals surface area contributed by atoms with E-state index in [9.17, 15) is 0 Å². The van der Waals surface area contributed by atoms with Crippen molar-refractivity contribution < 1.29 is 4.74 Å². The summed E-state index contributed by atoms with van der Waals surface area (Å²) in [4.78, 5) is 0. The third kappa shape index (κ3) is 1.75. The summed E-state index contributed by atoms with van der Waals surface area (Å²) in [5, 5.41) is 0. The van der Waals surface area contributed by atoms with Gasteiger partial charge in [0, 0.05) is 7.11 Å². The third-order valence-corrected chi connectivity index (χ3v) is 4.12. The molecule has 2 N–H and O–H groups in total. The van der Waals surface area contributed by atoms with Crippen molar-refractivity contribution in [2.75, 3.05) is 13.7 Å². The lowest BCUT2D eigenvalue weighted by Crippen LogP contribution is -2.32. The topological polar surface area (TPSA) is 35.2 Å². The van der Waals surface area contributed by atoms with E-state index < -0.39 is 0 Å². The molecule has 0 amide bonds. The predicted molar refractivity (Wildman–Crippen MR) is 53.5 cm³/mol. The van der Waals surface area contributed by atoms with Gasteiger partial charge in [0.15, 0.2) is 0 Å². The molecular weight excluding hydrogens is 162 g/mol. The minimum absolute atomic E-state index is 0.516. The summed E-state index contributed by atoms with van der Waals surface area (Å²) in [6.45, 7) is 0.897. The van der Waals surface area contributed by atoms with Gasteiger partial charge in [-0.3, -0.25) is 0 Å². The highest BCUT2D eigenvalue weighted by atomic mass is 16.5. The van der Waals surface area contributed by atoms with Crippen molar-refractivity contribution >= 4 is 0 Å². The molecule has 0 aromatic carbocycles. The first-order valence-electron chi connectivity index (χ1n) is 5.53. The monoisotopic (exact) mass is 183 g/mol. The molecule has 2 rings (SSSR count). The van der Waals surface area contributed by atoms with Crippen molar-refractivity contribution in [1.29, 1.82) is 0 Å². The van der Waals surface area contributed by atoms with Gasteiger partial charge in [-0.15, -0.1) is 0 Å². The Morgan fingerprint density at radius 2 is 2.15 bits per heavy atom. The molecular formula is C11H21NO. The molecule has 0 aromatic rings. The normalized spacial score (nSPS) is 37.4. The van der Waals surface area contributed by atoms with E-state index >= 15 is 0 Å². The van der Waals surface area contributed by atoms with Gasteiger partial charge < -0.3 is 10.5 Å². The maximum atomic E-state index is 5.85. The Bertz CT molecular complexity index is 177.